The van der Waals surface area contributed by atoms with Crippen molar-refractivity contribution < 1.29 is 9.66 Å². The van der Waals surface area contributed by atoms with Crippen molar-refractivity contribution in [2.24, 2.45) is 5.41 Å². The monoisotopic (exact) mass is 313 g/mol. The van der Waals surface area contributed by atoms with Gasteiger partial charge in [0.05, 0.1) is 11.5 Å². The second kappa shape index (κ2) is 7.06. The molecular weight excluding hydrogens is 294 g/mol. The molecule has 1 aromatic carbocycles. The molecule has 0 unspecified atom stereocenters. The summed E-state index contributed by atoms with van der Waals surface area (Å²) in [5, 5.41) is 18.0. The van der Waals surface area contributed by atoms with Gasteiger partial charge in [-0.25, -0.2) is 0 Å². The van der Waals surface area contributed by atoms with E-state index < -0.39 is 4.92 Å². The zero-order valence-electron chi connectivity index (χ0n) is 12.0. The molecule has 0 saturated carbocycles. The number of nitro groups is 1. The highest BCUT2D eigenvalue weighted by Gasteiger charge is 2.32. The molecule has 7 heteroatoms. The number of hydrogen-bond acceptors (Lipinski definition) is 5. The van der Waals surface area contributed by atoms with Crippen LogP contribution in [0.15, 0.2) is 18.2 Å². The lowest BCUT2D eigenvalue weighted by Gasteiger charge is -2.37. The molecule has 2 N–H and O–H groups in total. The maximum atomic E-state index is 11.1. The van der Waals surface area contributed by atoms with E-state index in [1.165, 1.54) is 6.07 Å². The van der Waals surface area contributed by atoms with Crippen LogP contribution in [0.4, 0.5) is 11.4 Å². The van der Waals surface area contributed by atoms with Crippen LogP contribution in [0.2, 0.25) is 5.02 Å². The van der Waals surface area contributed by atoms with Gasteiger partial charge in [0.1, 0.15) is 5.69 Å². The number of nitrogens with one attached hydrogen (secondary N) is 2. The SMILES string of the molecule is COCC1(CNc2ccc(Cl)cc2[N+](=O)[O-])CCNCC1. The third kappa shape index (κ3) is 4.06. The van der Waals surface area contributed by atoms with Gasteiger partial charge in [-0.3, -0.25) is 10.1 Å². The zero-order chi connectivity index (χ0) is 15.3. The third-order valence-electron chi connectivity index (χ3n) is 3.93. The Balaban J connectivity index is 2.12. The lowest BCUT2D eigenvalue weighted by molar-refractivity contribution is -0.384. The summed E-state index contributed by atoms with van der Waals surface area (Å²) in [6.07, 6.45) is 1.96. The van der Waals surface area contributed by atoms with E-state index in [1.807, 2.05) is 0 Å². The Morgan fingerprint density at radius 1 is 1.48 bits per heavy atom. The molecule has 116 valence electrons. The van der Waals surface area contributed by atoms with Gasteiger partial charge in [-0.2, -0.15) is 0 Å². The lowest BCUT2D eigenvalue weighted by Crippen LogP contribution is -2.44. The highest BCUT2D eigenvalue weighted by atomic mass is 35.5. The number of nitro benzene ring substituents is 1. The van der Waals surface area contributed by atoms with Gasteiger partial charge in [0.15, 0.2) is 0 Å². The Labute approximate surface area is 129 Å². The lowest BCUT2D eigenvalue weighted by atomic mass is 9.79. The van der Waals surface area contributed by atoms with Crippen LogP contribution in [0.3, 0.4) is 0 Å². The normalized spacial score (nSPS) is 17.4. The minimum absolute atomic E-state index is 0.00370. The molecule has 0 aromatic heterocycles. The minimum atomic E-state index is -0.417. The average molecular weight is 314 g/mol. The molecule has 1 aliphatic rings. The number of methoxy groups -OCH3 is 1. The van der Waals surface area contributed by atoms with Crippen molar-refractivity contribution in [1.82, 2.24) is 5.32 Å². The van der Waals surface area contributed by atoms with Crippen molar-refractivity contribution in [3.8, 4) is 0 Å². The van der Waals surface area contributed by atoms with E-state index in [9.17, 15) is 10.1 Å². The second-order valence-corrected chi connectivity index (χ2v) is 5.89. The Morgan fingerprint density at radius 3 is 2.81 bits per heavy atom. The van der Waals surface area contributed by atoms with Crippen LogP contribution in [0.25, 0.3) is 0 Å². The van der Waals surface area contributed by atoms with E-state index in [1.54, 1.807) is 19.2 Å². The summed E-state index contributed by atoms with van der Waals surface area (Å²) in [6, 6.07) is 4.68. The molecule has 0 atom stereocenters. The predicted octanol–water partition coefficient (Wildman–Crippen LogP) is 2.68. The number of hydrogen-bond donors (Lipinski definition) is 2. The molecular formula is C14H20ClN3O3. The Hall–Kier alpha value is -1.37. The number of piperidine rings is 1. The average Bonchev–Trinajstić information content (AvgIpc) is 2.47. The van der Waals surface area contributed by atoms with Gasteiger partial charge in [0.25, 0.3) is 5.69 Å². The maximum Gasteiger partial charge on any atom is 0.293 e. The fraction of sp³-hybridized carbons (Fsp3) is 0.571. The van der Waals surface area contributed by atoms with Crippen LogP contribution in [0.1, 0.15) is 12.8 Å². The molecule has 1 aromatic rings. The van der Waals surface area contributed by atoms with E-state index in [0.29, 0.717) is 23.9 Å². The van der Waals surface area contributed by atoms with Crippen LogP contribution in [-0.2, 0) is 4.74 Å². The first-order chi connectivity index (χ1) is 10.1. The molecule has 0 amide bonds. The van der Waals surface area contributed by atoms with E-state index >= 15 is 0 Å². The first-order valence-electron chi connectivity index (χ1n) is 6.94. The minimum Gasteiger partial charge on any atom is -0.384 e. The predicted molar refractivity (Wildman–Crippen MR) is 83.0 cm³/mol. The van der Waals surface area contributed by atoms with Gasteiger partial charge in [-0.15, -0.1) is 0 Å². The standard InChI is InChI=1S/C14H20ClN3O3/c1-21-10-14(4-6-16-7-5-14)9-17-12-3-2-11(15)8-13(12)18(19)20/h2-3,8,16-17H,4-7,9-10H2,1H3. The number of anilines is 1. The van der Waals surface area contributed by atoms with Crippen molar-refractivity contribution in [1.29, 1.82) is 0 Å². The molecule has 0 aliphatic carbocycles. The zero-order valence-corrected chi connectivity index (χ0v) is 12.8. The number of nitrogens with zero attached hydrogens (tertiary/aromatic N) is 1. The second-order valence-electron chi connectivity index (χ2n) is 5.46. The molecule has 1 aliphatic heterocycles. The fourth-order valence-electron chi connectivity index (χ4n) is 2.72. The summed E-state index contributed by atoms with van der Waals surface area (Å²) < 4.78 is 5.35. The van der Waals surface area contributed by atoms with Gasteiger partial charge < -0.3 is 15.4 Å². The molecule has 6 nitrogen and oxygen atoms in total. The molecule has 0 spiro atoms. The van der Waals surface area contributed by atoms with E-state index in [0.717, 1.165) is 25.9 Å². The smallest absolute Gasteiger partial charge is 0.293 e. The van der Waals surface area contributed by atoms with Gasteiger partial charge in [0, 0.05) is 30.2 Å². The van der Waals surface area contributed by atoms with Crippen LogP contribution in [0, 0.1) is 15.5 Å². The molecule has 2 rings (SSSR count). The Morgan fingerprint density at radius 2 is 2.19 bits per heavy atom. The van der Waals surface area contributed by atoms with Crippen molar-refractivity contribution in [3.63, 3.8) is 0 Å². The topological polar surface area (TPSA) is 76.4 Å². The van der Waals surface area contributed by atoms with Gasteiger partial charge in [-0.1, -0.05) is 11.6 Å². The highest BCUT2D eigenvalue weighted by molar-refractivity contribution is 6.30. The summed E-state index contributed by atoms with van der Waals surface area (Å²) in [7, 11) is 1.69. The summed E-state index contributed by atoms with van der Waals surface area (Å²) >= 11 is 5.83. The van der Waals surface area contributed by atoms with Crippen molar-refractivity contribution in [2.45, 2.75) is 12.8 Å². The number of ether oxygens (including phenoxy) is 1. The van der Waals surface area contributed by atoms with Crippen LogP contribution >= 0.6 is 11.6 Å². The Kier molecular flexibility index (Phi) is 5.39. The quantitative estimate of drug-likeness (QED) is 0.624. The first kappa shape index (κ1) is 16.0. The molecule has 1 saturated heterocycles. The highest BCUT2D eigenvalue weighted by Crippen LogP contribution is 2.32. The van der Waals surface area contributed by atoms with Crippen molar-refractivity contribution >= 4 is 23.0 Å². The summed E-state index contributed by atoms with van der Waals surface area (Å²) in [4.78, 5) is 10.7. The largest absolute Gasteiger partial charge is 0.384 e. The first-order valence-corrected chi connectivity index (χ1v) is 7.32. The summed E-state index contributed by atoms with van der Waals surface area (Å²) in [5.74, 6) is 0. The van der Waals surface area contributed by atoms with Crippen molar-refractivity contribution in [3.05, 3.63) is 33.3 Å². The van der Waals surface area contributed by atoms with Crippen molar-refractivity contribution in [2.75, 3.05) is 38.7 Å². The number of benzene rings is 1. The number of halogens is 1. The van der Waals surface area contributed by atoms with E-state index in [-0.39, 0.29) is 11.1 Å². The third-order valence-corrected chi connectivity index (χ3v) is 4.16. The molecule has 1 fully saturated rings. The summed E-state index contributed by atoms with van der Waals surface area (Å²) in [5.41, 5.74) is 0.510. The van der Waals surface area contributed by atoms with Crippen LogP contribution < -0.4 is 10.6 Å². The van der Waals surface area contributed by atoms with Crippen LogP contribution in [0.5, 0.6) is 0 Å². The Bertz CT molecular complexity index is 499. The van der Waals surface area contributed by atoms with Gasteiger partial charge >= 0.3 is 0 Å². The molecule has 0 bridgehead atoms. The van der Waals surface area contributed by atoms with E-state index in [4.69, 9.17) is 16.3 Å². The van der Waals surface area contributed by atoms with Gasteiger partial charge in [0.2, 0.25) is 0 Å². The molecule has 0 radical (unpaired) electrons. The maximum absolute atomic E-state index is 11.1. The fourth-order valence-corrected chi connectivity index (χ4v) is 2.89. The number of rotatable bonds is 6. The van der Waals surface area contributed by atoms with Gasteiger partial charge in [-0.05, 0) is 38.1 Å². The molecule has 1 heterocycles. The summed E-state index contributed by atoms with van der Waals surface area (Å²) in [6.45, 7) is 3.16. The van der Waals surface area contributed by atoms with Crippen LogP contribution in [-0.4, -0.2) is 38.3 Å². The molecule has 21 heavy (non-hydrogen) atoms. The van der Waals surface area contributed by atoms with E-state index in [2.05, 4.69) is 10.6 Å².